The number of carbonyl (C=O) groups is 1. The fraction of sp³-hybridized carbons (Fsp3) is 0.429. The molecule has 2 aromatic heterocycles. The van der Waals surface area contributed by atoms with Crippen molar-refractivity contribution in [1.82, 2.24) is 19.9 Å². The molecular formula is C21H26N6O. The molecule has 7 nitrogen and oxygen atoms in total. The molecule has 0 saturated carbocycles. The molecule has 28 heavy (non-hydrogen) atoms. The highest BCUT2D eigenvalue weighted by molar-refractivity contribution is 5.93. The minimum atomic E-state index is -0.0681. The number of aryl methyl sites for hydroxylation is 1. The third kappa shape index (κ3) is 3.98. The number of fused-ring (bicyclic) bond motifs is 1. The number of hydrogen-bond donors (Lipinski definition) is 2. The normalized spacial score (nSPS) is 17.0. The summed E-state index contributed by atoms with van der Waals surface area (Å²) in [6.07, 6.45) is 8.46. The number of aromatic nitrogens is 4. The SMILES string of the molecule is CCCCc1ccc(NC(=O)[C@@H]2CCCN(c3ncnc4nc[nH]c34)C2)cc1. The first-order valence-corrected chi connectivity index (χ1v) is 10.0. The zero-order chi connectivity index (χ0) is 19.3. The smallest absolute Gasteiger partial charge is 0.229 e. The van der Waals surface area contributed by atoms with Crippen molar-refractivity contribution in [3.8, 4) is 0 Å². The van der Waals surface area contributed by atoms with Gasteiger partial charge in [0.2, 0.25) is 5.91 Å². The zero-order valence-electron chi connectivity index (χ0n) is 16.2. The molecule has 0 spiro atoms. The van der Waals surface area contributed by atoms with Crippen molar-refractivity contribution in [2.24, 2.45) is 5.92 Å². The van der Waals surface area contributed by atoms with E-state index in [9.17, 15) is 4.79 Å². The minimum absolute atomic E-state index is 0.0681. The number of hydrogen-bond acceptors (Lipinski definition) is 5. The van der Waals surface area contributed by atoms with E-state index in [0.29, 0.717) is 12.2 Å². The predicted molar refractivity (Wildman–Crippen MR) is 110 cm³/mol. The van der Waals surface area contributed by atoms with Gasteiger partial charge in [-0.2, -0.15) is 0 Å². The molecular weight excluding hydrogens is 352 g/mol. The van der Waals surface area contributed by atoms with Crippen LogP contribution in [0.1, 0.15) is 38.2 Å². The second kappa shape index (κ2) is 8.37. The molecule has 7 heteroatoms. The van der Waals surface area contributed by atoms with Crippen LogP contribution in [0.25, 0.3) is 11.2 Å². The Morgan fingerprint density at radius 3 is 2.93 bits per heavy atom. The molecule has 1 aliphatic rings. The lowest BCUT2D eigenvalue weighted by atomic mass is 9.97. The molecule has 0 radical (unpaired) electrons. The van der Waals surface area contributed by atoms with E-state index in [1.807, 2.05) is 12.1 Å². The van der Waals surface area contributed by atoms with E-state index >= 15 is 0 Å². The van der Waals surface area contributed by atoms with Crippen molar-refractivity contribution >= 4 is 28.6 Å². The molecule has 0 unspecified atom stereocenters. The zero-order valence-corrected chi connectivity index (χ0v) is 16.2. The molecule has 1 fully saturated rings. The average Bonchev–Trinajstić information content (AvgIpc) is 3.22. The summed E-state index contributed by atoms with van der Waals surface area (Å²) in [5.41, 5.74) is 3.65. The van der Waals surface area contributed by atoms with Crippen molar-refractivity contribution in [2.75, 3.05) is 23.3 Å². The predicted octanol–water partition coefficient (Wildman–Crippen LogP) is 3.55. The van der Waals surface area contributed by atoms with Gasteiger partial charge in [-0.1, -0.05) is 25.5 Å². The van der Waals surface area contributed by atoms with Crippen molar-refractivity contribution < 1.29 is 4.79 Å². The van der Waals surface area contributed by atoms with Crippen LogP contribution < -0.4 is 10.2 Å². The van der Waals surface area contributed by atoms with E-state index in [0.717, 1.165) is 42.8 Å². The van der Waals surface area contributed by atoms with Crippen LogP contribution in [0.3, 0.4) is 0 Å². The molecule has 1 saturated heterocycles. The number of rotatable bonds is 6. The van der Waals surface area contributed by atoms with Crippen LogP contribution >= 0.6 is 0 Å². The van der Waals surface area contributed by atoms with Crippen LogP contribution in [0.15, 0.2) is 36.9 Å². The van der Waals surface area contributed by atoms with Gasteiger partial charge in [-0.25, -0.2) is 15.0 Å². The molecule has 2 N–H and O–H groups in total. The van der Waals surface area contributed by atoms with Gasteiger partial charge in [0.15, 0.2) is 11.5 Å². The summed E-state index contributed by atoms with van der Waals surface area (Å²) in [6, 6.07) is 8.21. The second-order valence-electron chi connectivity index (χ2n) is 7.37. The molecule has 4 rings (SSSR count). The van der Waals surface area contributed by atoms with E-state index < -0.39 is 0 Å². The summed E-state index contributed by atoms with van der Waals surface area (Å²) < 4.78 is 0. The molecule has 0 aliphatic carbocycles. The first-order chi connectivity index (χ1) is 13.7. The third-order valence-electron chi connectivity index (χ3n) is 5.34. The molecule has 146 valence electrons. The number of nitrogens with one attached hydrogen (secondary N) is 2. The van der Waals surface area contributed by atoms with E-state index in [2.05, 4.69) is 49.2 Å². The lowest BCUT2D eigenvalue weighted by Crippen LogP contribution is -2.41. The van der Waals surface area contributed by atoms with E-state index in [-0.39, 0.29) is 11.8 Å². The number of nitrogens with zero attached hydrogens (tertiary/aromatic N) is 4. The summed E-state index contributed by atoms with van der Waals surface area (Å²) in [5, 5.41) is 3.08. The summed E-state index contributed by atoms with van der Waals surface area (Å²) >= 11 is 0. The van der Waals surface area contributed by atoms with Gasteiger partial charge in [0.05, 0.1) is 12.2 Å². The number of carbonyl (C=O) groups excluding carboxylic acids is 1. The molecule has 1 amide bonds. The Morgan fingerprint density at radius 1 is 1.25 bits per heavy atom. The maximum absolute atomic E-state index is 12.8. The number of unbranched alkanes of at least 4 members (excludes halogenated alkanes) is 1. The van der Waals surface area contributed by atoms with Crippen LogP contribution in [-0.2, 0) is 11.2 Å². The molecule has 0 bridgehead atoms. The second-order valence-corrected chi connectivity index (χ2v) is 7.37. The van der Waals surface area contributed by atoms with Gasteiger partial charge in [-0.05, 0) is 43.4 Å². The average molecular weight is 378 g/mol. The van der Waals surface area contributed by atoms with Gasteiger partial charge in [0.25, 0.3) is 0 Å². The molecule has 3 aromatic rings. The van der Waals surface area contributed by atoms with E-state index in [4.69, 9.17) is 0 Å². The fourth-order valence-corrected chi connectivity index (χ4v) is 3.76. The lowest BCUT2D eigenvalue weighted by Gasteiger charge is -2.32. The number of anilines is 2. The molecule has 1 atom stereocenters. The largest absolute Gasteiger partial charge is 0.354 e. The van der Waals surface area contributed by atoms with Gasteiger partial charge in [0, 0.05) is 18.8 Å². The Balaban J connectivity index is 1.41. The molecule has 1 aliphatic heterocycles. The third-order valence-corrected chi connectivity index (χ3v) is 5.34. The Labute approximate surface area is 164 Å². The Hall–Kier alpha value is -2.96. The topological polar surface area (TPSA) is 86.8 Å². The summed E-state index contributed by atoms with van der Waals surface area (Å²) in [4.78, 5) is 30.9. The first-order valence-electron chi connectivity index (χ1n) is 10.0. The fourth-order valence-electron chi connectivity index (χ4n) is 3.76. The number of piperidine rings is 1. The summed E-state index contributed by atoms with van der Waals surface area (Å²) in [7, 11) is 0. The lowest BCUT2D eigenvalue weighted by molar-refractivity contribution is -0.120. The number of benzene rings is 1. The number of H-pyrrole nitrogens is 1. The maximum Gasteiger partial charge on any atom is 0.229 e. The highest BCUT2D eigenvalue weighted by Crippen LogP contribution is 2.26. The van der Waals surface area contributed by atoms with Gasteiger partial charge in [-0.15, -0.1) is 0 Å². The van der Waals surface area contributed by atoms with Gasteiger partial charge in [-0.3, -0.25) is 4.79 Å². The highest BCUT2D eigenvalue weighted by Gasteiger charge is 2.28. The van der Waals surface area contributed by atoms with E-state index in [1.54, 1.807) is 6.33 Å². The van der Waals surface area contributed by atoms with Crippen LogP contribution in [0.5, 0.6) is 0 Å². The van der Waals surface area contributed by atoms with Gasteiger partial charge < -0.3 is 15.2 Å². The Kier molecular flexibility index (Phi) is 5.50. The van der Waals surface area contributed by atoms with Crippen LogP contribution in [0, 0.1) is 5.92 Å². The van der Waals surface area contributed by atoms with Crippen molar-refractivity contribution in [1.29, 1.82) is 0 Å². The van der Waals surface area contributed by atoms with Gasteiger partial charge in [0.1, 0.15) is 11.8 Å². The van der Waals surface area contributed by atoms with Gasteiger partial charge >= 0.3 is 0 Å². The number of imidazole rings is 1. The summed E-state index contributed by atoms with van der Waals surface area (Å²) in [5.74, 6) is 0.822. The van der Waals surface area contributed by atoms with Crippen molar-refractivity contribution in [3.05, 3.63) is 42.5 Å². The van der Waals surface area contributed by atoms with Crippen LogP contribution in [0.2, 0.25) is 0 Å². The molecule has 1 aromatic carbocycles. The Morgan fingerprint density at radius 2 is 2.11 bits per heavy atom. The van der Waals surface area contributed by atoms with Crippen molar-refractivity contribution in [3.63, 3.8) is 0 Å². The first kappa shape index (κ1) is 18.4. The maximum atomic E-state index is 12.8. The van der Waals surface area contributed by atoms with Crippen molar-refractivity contribution in [2.45, 2.75) is 39.0 Å². The van der Waals surface area contributed by atoms with Crippen LogP contribution in [0.4, 0.5) is 11.5 Å². The molecule has 3 heterocycles. The highest BCUT2D eigenvalue weighted by atomic mass is 16.1. The monoisotopic (exact) mass is 378 g/mol. The van der Waals surface area contributed by atoms with Crippen LogP contribution in [-0.4, -0.2) is 38.9 Å². The summed E-state index contributed by atoms with van der Waals surface area (Å²) in [6.45, 7) is 3.72. The minimum Gasteiger partial charge on any atom is -0.354 e. The number of aromatic amines is 1. The standard InChI is InChI=1S/C21H26N6O/c1-2-3-5-15-7-9-17(10-8-15)26-21(28)16-6-4-11-27(12-16)20-18-19(23-13-22-18)24-14-25-20/h7-10,13-14,16H,2-6,11-12H2,1H3,(H,26,28)(H,22,23,24,25)/t16-/m1/s1. The number of amides is 1. The quantitative estimate of drug-likeness (QED) is 0.685. The van der Waals surface area contributed by atoms with E-state index in [1.165, 1.54) is 24.7 Å². The Bertz CT molecular complexity index is 935.